The third-order valence-corrected chi connectivity index (χ3v) is 5.05. The molecule has 3 heterocycles. The first-order valence-electron chi connectivity index (χ1n) is 9.32. The number of carbonyl (C=O) groups is 1. The summed E-state index contributed by atoms with van der Waals surface area (Å²) in [4.78, 5) is 37.6. The lowest BCUT2D eigenvalue weighted by atomic mass is 10.1. The van der Waals surface area contributed by atoms with Gasteiger partial charge in [-0.25, -0.2) is 9.97 Å². The highest BCUT2D eigenvalue weighted by Crippen LogP contribution is 2.13. The second-order valence-electron chi connectivity index (χ2n) is 7.05. The van der Waals surface area contributed by atoms with Gasteiger partial charge >= 0.3 is 0 Å². The highest BCUT2D eigenvalue weighted by Gasteiger charge is 2.15. The molecule has 1 fully saturated rings. The quantitative estimate of drug-likeness (QED) is 0.666. The Morgan fingerprint density at radius 1 is 1.21 bits per heavy atom. The van der Waals surface area contributed by atoms with Crippen LogP contribution < -0.4 is 10.9 Å². The average molecular weight is 381 g/mol. The number of nitrogens with one attached hydrogen (secondary N) is 2. The number of H-pyrrole nitrogens is 1. The van der Waals surface area contributed by atoms with Gasteiger partial charge in [-0.1, -0.05) is 12.1 Å². The van der Waals surface area contributed by atoms with Crippen molar-refractivity contribution in [1.82, 2.24) is 29.4 Å². The van der Waals surface area contributed by atoms with Crippen molar-refractivity contribution in [3.05, 3.63) is 58.3 Å². The number of benzene rings is 1. The summed E-state index contributed by atoms with van der Waals surface area (Å²) in [6.45, 7) is 5.35. The van der Waals surface area contributed by atoms with Crippen LogP contribution in [0.25, 0.3) is 5.78 Å². The first-order chi connectivity index (χ1) is 13.6. The maximum absolute atomic E-state index is 12.5. The minimum Gasteiger partial charge on any atom is -0.322 e. The first-order valence-corrected chi connectivity index (χ1v) is 9.32. The fourth-order valence-corrected chi connectivity index (χ4v) is 3.32. The van der Waals surface area contributed by atoms with Gasteiger partial charge in [0.25, 0.3) is 17.2 Å². The second-order valence-corrected chi connectivity index (χ2v) is 7.05. The van der Waals surface area contributed by atoms with Gasteiger partial charge < -0.3 is 15.1 Å². The minimum atomic E-state index is -0.488. The van der Waals surface area contributed by atoms with E-state index in [0.717, 1.165) is 49.2 Å². The van der Waals surface area contributed by atoms with Gasteiger partial charge in [-0.05, 0) is 31.2 Å². The summed E-state index contributed by atoms with van der Waals surface area (Å²) in [5.74, 6) is -0.259. The Balaban J connectivity index is 1.41. The van der Waals surface area contributed by atoms with Crippen molar-refractivity contribution in [3.8, 4) is 0 Å². The summed E-state index contributed by atoms with van der Waals surface area (Å²) in [7, 11) is 2.15. The van der Waals surface area contributed by atoms with E-state index in [1.807, 2.05) is 18.2 Å². The number of aromatic nitrogens is 4. The molecular formula is C19H23N7O2. The van der Waals surface area contributed by atoms with Gasteiger partial charge in [-0.15, -0.1) is 0 Å². The standard InChI is InChI=1S/C19H23N7O2/c1-24-7-9-25(10-8-24)6-5-14-3-2-4-15(11-14)23-17(27)16-12-20-19-21-13-22-26(19)18(16)28/h2-4,11-13H,5-10H2,1H3,(H,23,27)(H,20,21,22). The number of hydrogen-bond acceptors (Lipinski definition) is 6. The lowest BCUT2D eigenvalue weighted by molar-refractivity contribution is 0.102. The SMILES string of the molecule is CN1CCN(CCc2cccc(NC(=O)c3cnc4nc[nH]n4c3=O)c2)CC1. The summed E-state index contributed by atoms with van der Waals surface area (Å²) in [6.07, 6.45) is 3.53. The van der Waals surface area contributed by atoms with E-state index in [9.17, 15) is 9.59 Å². The Kier molecular flexibility index (Phi) is 5.18. The van der Waals surface area contributed by atoms with Crippen LogP contribution in [0, 0.1) is 0 Å². The summed E-state index contributed by atoms with van der Waals surface area (Å²) in [6, 6.07) is 7.74. The lowest BCUT2D eigenvalue weighted by Gasteiger charge is -2.32. The fourth-order valence-electron chi connectivity index (χ4n) is 3.32. The molecule has 0 bridgehead atoms. The zero-order valence-corrected chi connectivity index (χ0v) is 15.8. The molecule has 0 radical (unpaired) electrons. The molecule has 1 saturated heterocycles. The minimum absolute atomic E-state index is 0.0374. The van der Waals surface area contributed by atoms with Crippen LogP contribution in [0.5, 0.6) is 0 Å². The monoisotopic (exact) mass is 381 g/mol. The normalized spacial score (nSPS) is 15.8. The van der Waals surface area contributed by atoms with Gasteiger partial charge in [0, 0.05) is 44.6 Å². The molecule has 146 valence electrons. The molecule has 1 aliphatic heterocycles. The first kappa shape index (κ1) is 18.3. The number of anilines is 1. The third kappa shape index (κ3) is 3.95. The molecule has 1 aromatic carbocycles. The van der Waals surface area contributed by atoms with Gasteiger partial charge in [0.15, 0.2) is 0 Å². The zero-order chi connectivity index (χ0) is 19.5. The topological polar surface area (TPSA) is 98.6 Å². The molecule has 0 atom stereocenters. The van der Waals surface area contributed by atoms with E-state index in [-0.39, 0.29) is 11.3 Å². The van der Waals surface area contributed by atoms with Crippen molar-refractivity contribution in [2.75, 3.05) is 45.1 Å². The molecule has 2 N–H and O–H groups in total. The van der Waals surface area contributed by atoms with Gasteiger partial charge in [0.2, 0.25) is 0 Å². The molecule has 9 heteroatoms. The van der Waals surface area contributed by atoms with Crippen molar-refractivity contribution in [3.63, 3.8) is 0 Å². The van der Waals surface area contributed by atoms with Gasteiger partial charge in [-0.2, -0.15) is 4.52 Å². The molecule has 0 unspecified atom stereocenters. The van der Waals surface area contributed by atoms with E-state index in [1.165, 1.54) is 12.5 Å². The predicted molar refractivity (Wildman–Crippen MR) is 106 cm³/mol. The number of amides is 1. The van der Waals surface area contributed by atoms with E-state index in [1.54, 1.807) is 0 Å². The van der Waals surface area contributed by atoms with Crippen LogP contribution in [-0.2, 0) is 6.42 Å². The highest BCUT2D eigenvalue weighted by molar-refractivity contribution is 6.03. The Labute approximate surface area is 162 Å². The average Bonchev–Trinajstić information content (AvgIpc) is 3.18. The number of rotatable bonds is 5. The molecule has 0 spiro atoms. The predicted octanol–water partition coefficient (Wildman–Crippen LogP) is 0.460. The molecule has 4 rings (SSSR count). The van der Waals surface area contributed by atoms with Crippen LogP contribution >= 0.6 is 0 Å². The number of nitrogens with zero attached hydrogens (tertiary/aromatic N) is 5. The Bertz CT molecular complexity index is 1030. The summed E-state index contributed by atoms with van der Waals surface area (Å²) in [5, 5.41) is 5.44. The number of carbonyl (C=O) groups excluding carboxylic acids is 1. The highest BCUT2D eigenvalue weighted by atomic mass is 16.2. The molecule has 1 amide bonds. The zero-order valence-electron chi connectivity index (χ0n) is 15.8. The van der Waals surface area contributed by atoms with Crippen LogP contribution in [0.1, 0.15) is 15.9 Å². The summed E-state index contributed by atoms with van der Waals surface area (Å²) < 4.78 is 1.14. The second kappa shape index (κ2) is 7.91. The number of fused-ring (bicyclic) bond motifs is 1. The number of piperazine rings is 1. The van der Waals surface area contributed by atoms with E-state index in [2.05, 4.69) is 43.3 Å². The molecule has 0 aliphatic carbocycles. The molecule has 2 aromatic heterocycles. The molecule has 1 aliphatic rings. The van der Waals surface area contributed by atoms with Crippen molar-refractivity contribution in [1.29, 1.82) is 0 Å². The summed E-state index contributed by atoms with van der Waals surface area (Å²) >= 11 is 0. The van der Waals surface area contributed by atoms with Gasteiger partial charge in [-0.3, -0.25) is 14.7 Å². The van der Waals surface area contributed by atoms with Gasteiger partial charge in [0.1, 0.15) is 11.9 Å². The van der Waals surface area contributed by atoms with Gasteiger partial charge in [0.05, 0.1) is 0 Å². The molecule has 9 nitrogen and oxygen atoms in total. The van der Waals surface area contributed by atoms with E-state index < -0.39 is 11.5 Å². The smallest absolute Gasteiger partial charge is 0.286 e. The Hall–Kier alpha value is -3.04. The largest absolute Gasteiger partial charge is 0.322 e. The molecular weight excluding hydrogens is 358 g/mol. The van der Waals surface area contributed by atoms with Crippen molar-refractivity contribution < 1.29 is 4.79 Å². The van der Waals surface area contributed by atoms with Crippen LogP contribution in [0.3, 0.4) is 0 Å². The summed E-state index contributed by atoms with van der Waals surface area (Å²) in [5.41, 5.74) is 1.29. The van der Waals surface area contributed by atoms with E-state index in [4.69, 9.17) is 0 Å². The van der Waals surface area contributed by atoms with Crippen LogP contribution in [0.15, 0.2) is 41.6 Å². The fraction of sp³-hybridized carbons (Fsp3) is 0.368. The molecule has 3 aromatic rings. The Morgan fingerprint density at radius 2 is 2.04 bits per heavy atom. The van der Waals surface area contributed by atoms with Crippen LogP contribution in [0.2, 0.25) is 0 Å². The maximum Gasteiger partial charge on any atom is 0.286 e. The number of likely N-dealkylation sites (N-methyl/N-ethyl adjacent to an activating group) is 1. The van der Waals surface area contributed by atoms with E-state index in [0.29, 0.717) is 5.69 Å². The van der Waals surface area contributed by atoms with Crippen LogP contribution in [-0.4, -0.2) is 75.1 Å². The van der Waals surface area contributed by atoms with Crippen molar-refractivity contribution in [2.24, 2.45) is 0 Å². The Morgan fingerprint density at radius 3 is 2.86 bits per heavy atom. The number of hydrogen-bond donors (Lipinski definition) is 2. The number of aromatic amines is 1. The lowest BCUT2D eigenvalue weighted by Crippen LogP contribution is -2.45. The molecule has 28 heavy (non-hydrogen) atoms. The van der Waals surface area contributed by atoms with Crippen LogP contribution in [0.4, 0.5) is 5.69 Å². The van der Waals surface area contributed by atoms with E-state index >= 15 is 0 Å². The molecule has 0 saturated carbocycles. The van der Waals surface area contributed by atoms with Crippen molar-refractivity contribution >= 4 is 17.4 Å². The van der Waals surface area contributed by atoms with Crippen molar-refractivity contribution in [2.45, 2.75) is 6.42 Å². The maximum atomic E-state index is 12.5. The third-order valence-electron chi connectivity index (χ3n) is 5.05.